The van der Waals surface area contributed by atoms with E-state index in [1.807, 2.05) is 43.3 Å². The van der Waals surface area contributed by atoms with Crippen LogP contribution in [0.15, 0.2) is 60.7 Å². The lowest BCUT2D eigenvalue weighted by Gasteiger charge is -2.22. The van der Waals surface area contributed by atoms with Crippen molar-refractivity contribution in [1.82, 2.24) is 4.98 Å². The molecular formula is C23H16Cl2N2O3S. The number of carbonyl (C=O) groups is 2. The van der Waals surface area contributed by atoms with Gasteiger partial charge in [0.25, 0.3) is 5.91 Å². The van der Waals surface area contributed by atoms with Crippen LogP contribution in [0.4, 0.5) is 5.69 Å². The van der Waals surface area contributed by atoms with Gasteiger partial charge in [-0.1, -0.05) is 41.4 Å². The average Bonchev–Trinajstić information content (AvgIpc) is 3.16. The van der Waals surface area contributed by atoms with Gasteiger partial charge in [-0.05, 0) is 55.0 Å². The number of anilines is 1. The molecule has 0 saturated carbocycles. The van der Waals surface area contributed by atoms with Crippen molar-refractivity contribution in [3.8, 4) is 10.6 Å². The Labute approximate surface area is 192 Å². The number of benzene rings is 3. The lowest BCUT2D eigenvalue weighted by Crippen LogP contribution is -2.32. The number of hydroxylamine groups is 1. The Balaban J connectivity index is 1.66. The fourth-order valence-electron chi connectivity index (χ4n) is 3.12. The molecule has 0 aliphatic heterocycles. The van der Waals surface area contributed by atoms with Gasteiger partial charge >= 0.3 is 5.97 Å². The van der Waals surface area contributed by atoms with Crippen molar-refractivity contribution in [3.05, 3.63) is 81.8 Å². The molecule has 0 atom stereocenters. The summed E-state index contributed by atoms with van der Waals surface area (Å²) < 4.78 is 1.09. The van der Waals surface area contributed by atoms with Gasteiger partial charge in [0.2, 0.25) is 0 Å². The number of aromatic nitrogens is 1. The van der Waals surface area contributed by atoms with Crippen molar-refractivity contribution in [1.29, 1.82) is 0 Å². The van der Waals surface area contributed by atoms with Crippen molar-refractivity contribution in [2.24, 2.45) is 0 Å². The number of aryl methyl sites for hydroxylation is 1. The van der Waals surface area contributed by atoms with Crippen LogP contribution in [-0.2, 0) is 9.63 Å². The van der Waals surface area contributed by atoms with Crippen molar-refractivity contribution in [3.63, 3.8) is 0 Å². The molecule has 3 aromatic carbocycles. The fourth-order valence-corrected chi connectivity index (χ4v) is 4.63. The Hall–Kier alpha value is -2.93. The molecule has 1 amide bonds. The second-order valence-electron chi connectivity index (χ2n) is 6.78. The van der Waals surface area contributed by atoms with Crippen molar-refractivity contribution < 1.29 is 14.4 Å². The van der Waals surface area contributed by atoms with Crippen LogP contribution in [-0.4, -0.2) is 16.9 Å². The smallest absolute Gasteiger partial charge is 0.328 e. The summed E-state index contributed by atoms with van der Waals surface area (Å²) in [5.74, 6) is -1.28. The molecule has 5 nitrogen and oxygen atoms in total. The number of thiazole rings is 1. The highest BCUT2D eigenvalue weighted by Crippen LogP contribution is 2.33. The van der Waals surface area contributed by atoms with E-state index in [1.54, 1.807) is 23.5 Å². The standard InChI is InChI=1S/C23H16Cl2N2O3S/c1-13-12-15(22-26-18-8-3-4-9-20(18)31-22)10-11-19(13)27(14(2)28)30-23(29)21-16(24)6-5-7-17(21)25/h3-12H,1-2H3. The molecule has 0 N–H and O–H groups in total. The molecule has 0 spiro atoms. The zero-order valence-electron chi connectivity index (χ0n) is 16.6. The second kappa shape index (κ2) is 8.67. The number of para-hydroxylation sites is 1. The molecule has 1 aromatic heterocycles. The molecule has 0 unspecified atom stereocenters. The first kappa shape index (κ1) is 21.3. The molecule has 31 heavy (non-hydrogen) atoms. The molecule has 8 heteroatoms. The molecule has 156 valence electrons. The predicted octanol–water partition coefficient (Wildman–Crippen LogP) is 6.70. The van der Waals surface area contributed by atoms with Crippen molar-refractivity contribution in [2.75, 3.05) is 5.06 Å². The Kier molecular flexibility index (Phi) is 5.96. The Morgan fingerprint density at radius 1 is 1.00 bits per heavy atom. The van der Waals surface area contributed by atoms with Gasteiger partial charge in [0.1, 0.15) is 5.01 Å². The number of fused-ring (bicyclic) bond motifs is 1. The van der Waals surface area contributed by atoms with Crippen LogP contribution in [0.1, 0.15) is 22.8 Å². The van der Waals surface area contributed by atoms with Gasteiger partial charge in [-0.2, -0.15) is 0 Å². The largest absolute Gasteiger partial charge is 0.366 e. The highest BCUT2D eigenvalue weighted by molar-refractivity contribution is 7.21. The van der Waals surface area contributed by atoms with Gasteiger partial charge in [-0.15, -0.1) is 16.4 Å². The van der Waals surface area contributed by atoms with Gasteiger partial charge in [0.15, 0.2) is 0 Å². The molecule has 1 heterocycles. The normalized spacial score (nSPS) is 10.8. The maximum Gasteiger partial charge on any atom is 0.366 e. The van der Waals surface area contributed by atoms with E-state index in [1.165, 1.54) is 19.1 Å². The zero-order chi connectivity index (χ0) is 22.1. The van der Waals surface area contributed by atoms with Crippen LogP contribution in [0.25, 0.3) is 20.8 Å². The molecule has 0 aliphatic rings. The summed E-state index contributed by atoms with van der Waals surface area (Å²) in [5.41, 5.74) is 3.02. The molecule has 0 bridgehead atoms. The molecule has 0 saturated heterocycles. The van der Waals surface area contributed by atoms with Gasteiger partial charge in [-0.25, -0.2) is 9.78 Å². The first-order valence-corrected chi connectivity index (χ1v) is 10.9. The Bertz CT molecular complexity index is 1270. The summed E-state index contributed by atoms with van der Waals surface area (Å²) in [4.78, 5) is 35.0. The first-order chi connectivity index (χ1) is 14.8. The van der Waals surface area contributed by atoms with E-state index in [-0.39, 0.29) is 15.6 Å². The van der Waals surface area contributed by atoms with E-state index in [0.29, 0.717) is 5.69 Å². The minimum absolute atomic E-state index is 0.000771. The Morgan fingerprint density at radius 3 is 2.35 bits per heavy atom. The van der Waals surface area contributed by atoms with Gasteiger partial charge < -0.3 is 4.84 Å². The zero-order valence-corrected chi connectivity index (χ0v) is 18.9. The number of hydrogen-bond donors (Lipinski definition) is 0. The molecule has 4 aromatic rings. The van der Waals surface area contributed by atoms with Gasteiger partial charge in [0, 0.05) is 12.5 Å². The topological polar surface area (TPSA) is 59.5 Å². The van der Waals surface area contributed by atoms with Gasteiger partial charge in [-0.3, -0.25) is 4.79 Å². The number of amides is 1. The highest BCUT2D eigenvalue weighted by atomic mass is 35.5. The van der Waals surface area contributed by atoms with Crippen LogP contribution in [0.5, 0.6) is 0 Å². The second-order valence-corrected chi connectivity index (χ2v) is 8.62. The van der Waals surface area contributed by atoms with Crippen LogP contribution in [0, 0.1) is 6.92 Å². The molecule has 0 fully saturated rings. The van der Waals surface area contributed by atoms with Gasteiger partial charge in [0.05, 0.1) is 31.5 Å². The predicted molar refractivity (Wildman–Crippen MR) is 125 cm³/mol. The summed E-state index contributed by atoms with van der Waals surface area (Å²) in [6, 6.07) is 18.1. The third-order valence-corrected chi connectivity index (χ3v) is 6.30. The minimum Gasteiger partial charge on any atom is -0.328 e. The lowest BCUT2D eigenvalue weighted by atomic mass is 10.1. The third-order valence-electron chi connectivity index (χ3n) is 4.58. The van der Waals surface area contributed by atoms with E-state index in [9.17, 15) is 9.59 Å². The fraction of sp³-hybridized carbons (Fsp3) is 0.0870. The maximum absolute atomic E-state index is 12.7. The highest BCUT2D eigenvalue weighted by Gasteiger charge is 2.24. The number of halogens is 2. The monoisotopic (exact) mass is 470 g/mol. The third kappa shape index (κ3) is 4.28. The lowest BCUT2D eigenvalue weighted by molar-refractivity contribution is -0.122. The van der Waals surface area contributed by atoms with E-state index >= 15 is 0 Å². The molecule has 0 aliphatic carbocycles. The molecule has 0 radical (unpaired) electrons. The van der Waals surface area contributed by atoms with Crippen LogP contribution < -0.4 is 5.06 Å². The summed E-state index contributed by atoms with van der Waals surface area (Å²) in [7, 11) is 0. The first-order valence-electron chi connectivity index (χ1n) is 9.28. The van der Waals surface area contributed by atoms with E-state index in [2.05, 4.69) is 4.98 Å². The molecule has 4 rings (SSSR count). The molecular weight excluding hydrogens is 455 g/mol. The quantitative estimate of drug-likeness (QED) is 0.312. The summed E-state index contributed by atoms with van der Waals surface area (Å²) >= 11 is 13.8. The number of hydrogen-bond acceptors (Lipinski definition) is 5. The number of nitrogens with zero attached hydrogens (tertiary/aromatic N) is 2. The van der Waals surface area contributed by atoms with E-state index in [4.69, 9.17) is 28.0 Å². The average molecular weight is 471 g/mol. The SMILES string of the molecule is CC(=O)N(OC(=O)c1c(Cl)cccc1Cl)c1ccc(-c2nc3ccccc3s2)cc1C. The van der Waals surface area contributed by atoms with Crippen LogP contribution in [0.3, 0.4) is 0 Å². The van der Waals surface area contributed by atoms with Crippen LogP contribution >= 0.6 is 34.5 Å². The minimum atomic E-state index is -0.819. The summed E-state index contributed by atoms with van der Waals surface area (Å²) in [6.45, 7) is 3.14. The number of rotatable bonds is 3. The van der Waals surface area contributed by atoms with E-state index in [0.717, 1.165) is 31.4 Å². The number of carbonyl (C=O) groups excluding carboxylic acids is 2. The van der Waals surface area contributed by atoms with Crippen LogP contribution in [0.2, 0.25) is 10.0 Å². The summed E-state index contributed by atoms with van der Waals surface area (Å²) in [6.07, 6.45) is 0. The van der Waals surface area contributed by atoms with Crippen molar-refractivity contribution >= 4 is 62.3 Å². The van der Waals surface area contributed by atoms with Crippen molar-refractivity contribution in [2.45, 2.75) is 13.8 Å². The maximum atomic E-state index is 12.7. The van der Waals surface area contributed by atoms with E-state index < -0.39 is 11.9 Å². The summed E-state index contributed by atoms with van der Waals surface area (Å²) in [5, 5.41) is 2.09. The Morgan fingerprint density at radius 2 is 1.71 bits per heavy atom.